The first kappa shape index (κ1) is 19.5. The first-order valence-electron chi connectivity index (χ1n) is 8.72. The lowest BCUT2D eigenvalue weighted by Gasteiger charge is -2.23. The Morgan fingerprint density at radius 3 is 2.27 bits per heavy atom. The van der Waals surface area contributed by atoms with Crippen molar-refractivity contribution in [2.24, 2.45) is 0 Å². The summed E-state index contributed by atoms with van der Waals surface area (Å²) < 4.78 is 10.7. The van der Waals surface area contributed by atoms with Crippen LogP contribution in [-0.2, 0) is 9.53 Å². The number of nitrogens with zero attached hydrogens (tertiary/aromatic N) is 1. The number of benzene rings is 2. The van der Waals surface area contributed by atoms with E-state index in [9.17, 15) is 9.59 Å². The van der Waals surface area contributed by atoms with Crippen LogP contribution in [0.15, 0.2) is 48.5 Å². The summed E-state index contributed by atoms with van der Waals surface area (Å²) in [5.74, 6) is 0.0321. The van der Waals surface area contributed by atoms with Crippen LogP contribution in [0, 0.1) is 6.92 Å². The molecule has 2 aromatic rings. The van der Waals surface area contributed by atoms with E-state index in [1.807, 2.05) is 38.1 Å². The average Bonchev–Trinajstić information content (AvgIpc) is 2.62. The molecule has 0 heterocycles. The van der Waals surface area contributed by atoms with Crippen molar-refractivity contribution in [2.45, 2.75) is 33.8 Å². The van der Waals surface area contributed by atoms with E-state index in [1.54, 1.807) is 43.0 Å². The summed E-state index contributed by atoms with van der Waals surface area (Å²) in [6.07, 6.45) is -0.169. The highest BCUT2D eigenvalue weighted by molar-refractivity contribution is 5.95. The summed E-state index contributed by atoms with van der Waals surface area (Å²) in [4.78, 5) is 26.0. The van der Waals surface area contributed by atoms with Crippen LogP contribution in [0.1, 0.15) is 36.7 Å². The summed E-state index contributed by atoms with van der Waals surface area (Å²) in [7, 11) is 0. The van der Waals surface area contributed by atoms with Crippen molar-refractivity contribution in [3.63, 3.8) is 0 Å². The van der Waals surface area contributed by atoms with Gasteiger partial charge in [0, 0.05) is 12.2 Å². The van der Waals surface area contributed by atoms with Gasteiger partial charge in [0.05, 0.1) is 11.7 Å². The van der Waals surface area contributed by atoms with Crippen molar-refractivity contribution in [2.75, 3.05) is 18.1 Å². The second kappa shape index (κ2) is 9.04. The molecule has 0 N–H and O–H groups in total. The summed E-state index contributed by atoms with van der Waals surface area (Å²) in [5.41, 5.74) is 2.37. The Balaban J connectivity index is 1.98. The van der Waals surface area contributed by atoms with Crippen LogP contribution in [-0.4, -0.2) is 31.1 Å². The van der Waals surface area contributed by atoms with Crippen LogP contribution >= 0.6 is 0 Å². The Labute approximate surface area is 154 Å². The predicted molar refractivity (Wildman–Crippen MR) is 102 cm³/mol. The number of carbonyl (C=O) groups is 2. The molecule has 0 aromatic heterocycles. The molecule has 0 unspecified atom stereocenters. The van der Waals surface area contributed by atoms with E-state index in [0.29, 0.717) is 17.9 Å². The third-order valence-corrected chi connectivity index (χ3v) is 3.82. The number of hydrogen-bond donors (Lipinski definition) is 0. The molecule has 0 saturated heterocycles. The van der Waals surface area contributed by atoms with Crippen LogP contribution in [0.25, 0.3) is 0 Å². The number of likely N-dealkylation sites (N-methyl/N-ethyl adjacent to an activating group) is 1. The van der Waals surface area contributed by atoms with Crippen molar-refractivity contribution in [3.05, 3.63) is 59.7 Å². The molecule has 1 amide bonds. The molecule has 2 rings (SSSR count). The van der Waals surface area contributed by atoms with Crippen LogP contribution < -0.4 is 9.64 Å². The number of ether oxygens (including phenoxy) is 2. The average molecular weight is 355 g/mol. The van der Waals surface area contributed by atoms with Gasteiger partial charge in [0.1, 0.15) is 5.75 Å². The number of anilines is 1. The topological polar surface area (TPSA) is 55.8 Å². The molecule has 5 heteroatoms. The second-order valence-corrected chi connectivity index (χ2v) is 6.19. The maximum atomic E-state index is 12.5. The molecule has 5 nitrogen and oxygen atoms in total. The Kier molecular flexibility index (Phi) is 6.78. The van der Waals surface area contributed by atoms with Crippen LogP contribution in [0.4, 0.5) is 5.69 Å². The van der Waals surface area contributed by atoms with Gasteiger partial charge in [-0.2, -0.15) is 0 Å². The van der Waals surface area contributed by atoms with E-state index in [-0.39, 0.29) is 24.6 Å². The summed E-state index contributed by atoms with van der Waals surface area (Å²) in [5, 5.41) is 0. The van der Waals surface area contributed by atoms with Crippen molar-refractivity contribution >= 4 is 17.6 Å². The molecule has 0 atom stereocenters. The Morgan fingerprint density at radius 2 is 1.69 bits per heavy atom. The van der Waals surface area contributed by atoms with Crippen molar-refractivity contribution < 1.29 is 19.1 Å². The summed E-state index contributed by atoms with van der Waals surface area (Å²) >= 11 is 0. The molecule has 0 bridgehead atoms. The minimum atomic E-state index is -0.376. The normalized spacial score (nSPS) is 10.5. The van der Waals surface area contributed by atoms with Gasteiger partial charge >= 0.3 is 5.97 Å². The molecular formula is C21H25NO4. The number of carbonyl (C=O) groups excluding carboxylic acids is 2. The molecule has 0 radical (unpaired) electrons. The summed E-state index contributed by atoms with van der Waals surface area (Å²) in [6.45, 7) is 8.00. The lowest BCUT2D eigenvalue weighted by Crippen LogP contribution is -2.35. The highest BCUT2D eigenvalue weighted by atomic mass is 16.5. The zero-order valence-corrected chi connectivity index (χ0v) is 15.7. The van der Waals surface area contributed by atoms with Crippen molar-refractivity contribution in [3.8, 4) is 5.75 Å². The van der Waals surface area contributed by atoms with Crippen molar-refractivity contribution in [1.29, 1.82) is 0 Å². The Hall–Kier alpha value is -2.82. The molecule has 0 saturated carbocycles. The fourth-order valence-electron chi connectivity index (χ4n) is 2.54. The highest BCUT2D eigenvalue weighted by Crippen LogP contribution is 2.20. The van der Waals surface area contributed by atoms with E-state index < -0.39 is 0 Å². The standard InChI is InChI=1S/C21H25NO4/c1-5-22(19-9-7-6-8-16(19)4)20(23)14-25-18-12-10-17(11-13-18)21(24)26-15(2)3/h6-13,15H,5,14H2,1-4H3. The highest BCUT2D eigenvalue weighted by Gasteiger charge is 2.16. The fourth-order valence-corrected chi connectivity index (χ4v) is 2.54. The fraction of sp³-hybridized carbons (Fsp3) is 0.333. The molecule has 138 valence electrons. The quantitative estimate of drug-likeness (QED) is 0.705. The minimum absolute atomic E-state index is 0.0715. The molecule has 0 fully saturated rings. The molecule has 26 heavy (non-hydrogen) atoms. The van der Waals surface area contributed by atoms with E-state index >= 15 is 0 Å². The SMILES string of the molecule is CCN(C(=O)COc1ccc(C(=O)OC(C)C)cc1)c1ccccc1C. The number of amides is 1. The number of hydrogen-bond acceptors (Lipinski definition) is 4. The maximum absolute atomic E-state index is 12.5. The molecule has 0 aliphatic rings. The van der Waals surface area contributed by atoms with Gasteiger partial charge in [-0.25, -0.2) is 4.79 Å². The zero-order chi connectivity index (χ0) is 19.1. The third kappa shape index (κ3) is 5.09. The summed E-state index contributed by atoms with van der Waals surface area (Å²) in [6, 6.07) is 14.3. The zero-order valence-electron chi connectivity index (χ0n) is 15.7. The first-order chi connectivity index (χ1) is 12.4. The van der Waals surface area contributed by atoms with Gasteiger partial charge in [0.25, 0.3) is 5.91 Å². The van der Waals surface area contributed by atoms with Gasteiger partial charge in [-0.15, -0.1) is 0 Å². The number of esters is 1. The van der Waals surface area contributed by atoms with E-state index in [1.165, 1.54) is 0 Å². The number of rotatable bonds is 7. The molecule has 0 aliphatic heterocycles. The predicted octanol–water partition coefficient (Wildman–Crippen LogP) is 3.99. The lowest BCUT2D eigenvalue weighted by atomic mass is 10.2. The third-order valence-electron chi connectivity index (χ3n) is 3.82. The van der Waals surface area contributed by atoms with E-state index in [0.717, 1.165) is 11.3 Å². The van der Waals surface area contributed by atoms with Crippen molar-refractivity contribution in [1.82, 2.24) is 0 Å². The maximum Gasteiger partial charge on any atom is 0.338 e. The van der Waals surface area contributed by atoms with E-state index in [2.05, 4.69) is 0 Å². The van der Waals surface area contributed by atoms with Crippen LogP contribution in [0.3, 0.4) is 0 Å². The lowest BCUT2D eigenvalue weighted by molar-refractivity contribution is -0.120. The van der Waals surface area contributed by atoms with Gasteiger partial charge in [0.2, 0.25) is 0 Å². The first-order valence-corrected chi connectivity index (χ1v) is 8.72. The van der Waals surface area contributed by atoms with Gasteiger partial charge in [-0.1, -0.05) is 18.2 Å². The largest absolute Gasteiger partial charge is 0.484 e. The number of aryl methyl sites for hydroxylation is 1. The molecular weight excluding hydrogens is 330 g/mol. The molecule has 0 spiro atoms. The second-order valence-electron chi connectivity index (χ2n) is 6.19. The van der Waals surface area contributed by atoms with Gasteiger partial charge in [0.15, 0.2) is 6.61 Å². The van der Waals surface area contributed by atoms with Crippen LogP contribution in [0.2, 0.25) is 0 Å². The van der Waals surface area contributed by atoms with Gasteiger partial charge in [-0.3, -0.25) is 4.79 Å². The van der Waals surface area contributed by atoms with Crippen LogP contribution in [0.5, 0.6) is 5.75 Å². The minimum Gasteiger partial charge on any atom is -0.484 e. The Bertz CT molecular complexity index is 753. The van der Waals surface area contributed by atoms with Gasteiger partial charge in [-0.05, 0) is 63.6 Å². The molecule has 0 aliphatic carbocycles. The monoisotopic (exact) mass is 355 g/mol. The number of para-hydroxylation sites is 1. The smallest absolute Gasteiger partial charge is 0.338 e. The molecule has 2 aromatic carbocycles. The van der Waals surface area contributed by atoms with Gasteiger partial charge < -0.3 is 14.4 Å². The van der Waals surface area contributed by atoms with E-state index in [4.69, 9.17) is 9.47 Å². The Morgan fingerprint density at radius 1 is 1.04 bits per heavy atom.